The number of hydrogen-bond acceptors (Lipinski definition) is 3. The molecular formula is C17H18ClNO2. The van der Waals surface area contributed by atoms with E-state index in [1.807, 2.05) is 42.6 Å². The van der Waals surface area contributed by atoms with Crippen LogP contribution in [0.25, 0.3) is 11.3 Å². The highest BCUT2D eigenvalue weighted by Crippen LogP contribution is 2.27. The van der Waals surface area contributed by atoms with Crippen LogP contribution in [0.2, 0.25) is 5.02 Å². The van der Waals surface area contributed by atoms with Gasteiger partial charge in [-0.15, -0.1) is 0 Å². The second kappa shape index (κ2) is 6.56. The summed E-state index contributed by atoms with van der Waals surface area (Å²) in [7, 11) is 0. The normalized spacial score (nSPS) is 22.2. The highest BCUT2D eigenvalue weighted by molar-refractivity contribution is 6.30. The number of nitrogens with zero attached hydrogens (tertiary/aromatic N) is 1. The molecule has 1 fully saturated rings. The predicted octanol–water partition coefficient (Wildman–Crippen LogP) is 4.47. The van der Waals surface area contributed by atoms with Crippen LogP contribution >= 0.6 is 11.6 Å². The maximum absolute atomic E-state index is 5.90. The van der Waals surface area contributed by atoms with Crippen molar-refractivity contribution in [2.24, 2.45) is 5.92 Å². The minimum absolute atomic E-state index is 0.292. The first-order chi connectivity index (χ1) is 10.3. The Morgan fingerprint density at radius 3 is 2.38 bits per heavy atom. The van der Waals surface area contributed by atoms with Crippen molar-refractivity contribution in [3.63, 3.8) is 0 Å². The second-order valence-corrected chi connectivity index (χ2v) is 5.69. The monoisotopic (exact) mass is 303 g/mol. The van der Waals surface area contributed by atoms with Gasteiger partial charge in [-0.1, -0.05) is 36.7 Å². The number of halogens is 1. The van der Waals surface area contributed by atoms with Gasteiger partial charge in [0.25, 0.3) is 0 Å². The molecule has 2 aromatic rings. The summed E-state index contributed by atoms with van der Waals surface area (Å²) in [5.74, 6) is 0.502. The number of aromatic nitrogens is 1. The van der Waals surface area contributed by atoms with E-state index in [2.05, 4.69) is 11.9 Å². The molecule has 4 heteroatoms. The van der Waals surface area contributed by atoms with Gasteiger partial charge in [-0.3, -0.25) is 4.98 Å². The molecule has 1 aromatic carbocycles. The van der Waals surface area contributed by atoms with E-state index >= 15 is 0 Å². The summed E-state index contributed by atoms with van der Waals surface area (Å²) in [5.41, 5.74) is 2.92. The van der Waals surface area contributed by atoms with Gasteiger partial charge in [-0.05, 0) is 24.6 Å². The molecule has 0 atom stereocenters. The third kappa shape index (κ3) is 3.43. The molecule has 1 aromatic heterocycles. The summed E-state index contributed by atoms with van der Waals surface area (Å²) in [5, 5.41) is 0.727. The smallest absolute Gasteiger partial charge is 0.185 e. The number of rotatable bonds is 3. The van der Waals surface area contributed by atoms with Crippen molar-refractivity contribution in [1.82, 2.24) is 4.98 Å². The van der Waals surface area contributed by atoms with Crippen LogP contribution in [0.5, 0.6) is 0 Å². The van der Waals surface area contributed by atoms with Gasteiger partial charge < -0.3 is 9.47 Å². The topological polar surface area (TPSA) is 31.4 Å². The van der Waals surface area contributed by atoms with Gasteiger partial charge in [0.2, 0.25) is 0 Å². The lowest BCUT2D eigenvalue weighted by Gasteiger charge is -2.28. The van der Waals surface area contributed by atoms with Crippen molar-refractivity contribution in [1.29, 1.82) is 0 Å². The average Bonchev–Trinajstić information content (AvgIpc) is 2.56. The molecule has 0 saturated carbocycles. The van der Waals surface area contributed by atoms with Gasteiger partial charge >= 0.3 is 0 Å². The van der Waals surface area contributed by atoms with E-state index < -0.39 is 0 Å². The van der Waals surface area contributed by atoms with Crippen LogP contribution in [0.4, 0.5) is 0 Å². The Hall–Kier alpha value is -1.42. The molecule has 110 valence electrons. The Kier molecular flexibility index (Phi) is 4.54. The highest BCUT2D eigenvalue weighted by atomic mass is 35.5. The summed E-state index contributed by atoms with van der Waals surface area (Å²) >= 11 is 5.90. The SMILES string of the molecule is CC[C@H]1CO[C@H](c2ccc(-c3ccc(Cl)cc3)nc2)OC1. The molecule has 0 spiro atoms. The Bertz CT molecular complexity index is 575. The van der Waals surface area contributed by atoms with Crippen LogP contribution < -0.4 is 0 Å². The molecule has 0 unspecified atom stereocenters. The third-order valence-electron chi connectivity index (χ3n) is 3.74. The van der Waals surface area contributed by atoms with Crippen molar-refractivity contribution >= 4 is 11.6 Å². The van der Waals surface area contributed by atoms with Crippen LogP contribution in [0.3, 0.4) is 0 Å². The summed E-state index contributed by atoms with van der Waals surface area (Å²) in [6, 6.07) is 11.6. The zero-order valence-electron chi connectivity index (χ0n) is 12.0. The maximum Gasteiger partial charge on any atom is 0.185 e. The van der Waals surface area contributed by atoms with Gasteiger partial charge in [-0.25, -0.2) is 0 Å². The largest absolute Gasteiger partial charge is 0.348 e. The minimum atomic E-state index is -0.292. The first kappa shape index (κ1) is 14.5. The summed E-state index contributed by atoms with van der Waals surface area (Å²) in [6.07, 6.45) is 2.61. The van der Waals surface area contributed by atoms with Crippen LogP contribution in [-0.2, 0) is 9.47 Å². The molecule has 0 radical (unpaired) electrons. The van der Waals surface area contributed by atoms with Crippen LogP contribution in [-0.4, -0.2) is 18.2 Å². The Labute approximate surface area is 129 Å². The van der Waals surface area contributed by atoms with Crippen molar-refractivity contribution < 1.29 is 9.47 Å². The van der Waals surface area contributed by atoms with Crippen molar-refractivity contribution in [3.8, 4) is 11.3 Å². The lowest BCUT2D eigenvalue weighted by Crippen LogP contribution is -2.26. The van der Waals surface area contributed by atoms with Gasteiger partial charge in [0.15, 0.2) is 6.29 Å². The summed E-state index contributed by atoms with van der Waals surface area (Å²) in [4.78, 5) is 4.49. The Morgan fingerprint density at radius 1 is 1.10 bits per heavy atom. The van der Waals surface area contributed by atoms with Crippen LogP contribution in [0.15, 0.2) is 42.6 Å². The van der Waals surface area contributed by atoms with Crippen LogP contribution in [0.1, 0.15) is 25.2 Å². The molecule has 0 N–H and O–H groups in total. The molecule has 1 aliphatic rings. The third-order valence-corrected chi connectivity index (χ3v) is 3.99. The van der Waals surface area contributed by atoms with Gasteiger partial charge in [0, 0.05) is 28.3 Å². The minimum Gasteiger partial charge on any atom is -0.348 e. The summed E-state index contributed by atoms with van der Waals surface area (Å²) < 4.78 is 11.5. The molecule has 0 amide bonds. The molecule has 0 aliphatic carbocycles. The lowest BCUT2D eigenvalue weighted by atomic mass is 10.1. The quantitative estimate of drug-likeness (QED) is 0.838. The first-order valence-electron chi connectivity index (χ1n) is 7.21. The van der Waals surface area contributed by atoms with Crippen molar-refractivity contribution in [2.75, 3.05) is 13.2 Å². The standard InChI is InChI=1S/C17H18ClNO2/c1-2-12-10-20-17(21-11-12)14-5-8-16(19-9-14)13-3-6-15(18)7-4-13/h3-9,12,17H,2,10-11H2,1H3/t12-,17-. The van der Waals surface area contributed by atoms with Crippen LogP contribution in [0, 0.1) is 5.92 Å². The maximum atomic E-state index is 5.90. The molecule has 2 heterocycles. The zero-order chi connectivity index (χ0) is 14.7. The van der Waals surface area contributed by atoms with Gasteiger partial charge in [0.1, 0.15) is 0 Å². The molecule has 21 heavy (non-hydrogen) atoms. The van der Waals surface area contributed by atoms with Gasteiger partial charge in [-0.2, -0.15) is 0 Å². The van der Waals surface area contributed by atoms with Crippen molar-refractivity contribution in [3.05, 3.63) is 53.2 Å². The fourth-order valence-electron chi connectivity index (χ4n) is 2.31. The predicted molar refractivity (Wildman–Crippen MR) is 83.1 cm³/mol. The molecule has 3 nitrogen and oxygen atoms in total. The second-order valence-electron chi connectivity index (χ2n) is 5.26. The van der Waals surface area contributed by atoms with E-state index in [1.54, 1.807) is 0 Å². The Morgan fingerprint density at radius 2 is 1.81 bits per heavy atom. The fourth-order valence-corrected chi connectivity index (χ4v) is 2.43. The number of pyridine rings is 1. The summed E-state index contributed by atoms with van der Waals surface area (Å²) in [6.45, 7) is 3.65. The highest BCUT2D eigenvalue weighted by Gasteiger charge is 2.22. The van der Waals surface area contributed by atoms with E-state index in [-0.39, 0.29) is 6.29 Å². The first-order valence-corrected chi connectivity index (χ1v) is 7.59. The van der Waals surface area contributed by atoms with Gasteiger partial charge in [0.05, 0.1) is 18.9 Å². The Balaban J connectivity index is 1.71. The van der Waals surface area contributed by atoms with E-state index in [1.165, 1.54) is 0 Å². The van der Waals surface area contributed by atoms with E-state index in [0.29, 0.717) is 5.92 Å². The van der Waals surface area contributed by atoms with E-state index in [4.69, 9.17) is 21.1 Å². The van der Waals surface area contributed by atoms with Crippen molar-refractivity contribution in [2.45, 2.75) is 19.6 Å². The number of hydrogen-bond donors (Lipinski definition) is 0. The molecule has 1 saturated heterocycles. The zero-order valence-corrected chi connectivity index (χ0v) is 12.7. The van der Waals surface area contributed by atoms with E-state index in [0.717, 1.165) is 41.5 Å². The lowest BCUT2D eigenvalue weighted by molar-refractivity contribution is -0.205. The molecule has 3 rings (SSSR count). The number of benzene rings is 1. The van der Waals surface area contributed by atoms with E-state index in [9.17, 15) is 0 Å². The molecule has 0 bridgehead atoms. The average molecular weight is 304 g/mol. The number of ether oxygens (including phenoxy) is 2. The fraction of sp³-hybridized carbons (Fsp3) is 0.353. The molecular weight excluding hydrogens is 286 g/mol. The molecule has 1 aliphatic heterocycles.